The first kappa shape index (κ1) is 18.2. The van der Waals surface area contributed by atoms with Gasteiger partial charge in [0.15, 0.2) is 4.96 Å². The maximum Gasteiger partial charge on any atom is 0.270 e. The van der Waals surface area contributed by atoms with E-state index in [-0.39, 0.29) is 11.9 Å². The molecule has 1 atom stereocenters. The lowest BCUT2D eigenvalue weighted by Crippen LogP contribution is -2.48. The summed E-state index contributed by atoms with van der Waals surface area (Å²) in [5.74, 6) is -0.00506. The third-order valence-electron chi connectivity index (χ3n) is 5.27. The van der Waals surface area contributed by atoms with Crippen molar-refractivity contribution in [2.24, 2.45) is 0 Å². The molecule has 27 heavy (non-hydrogen) atoms. The van der Waals surface area contributed by atoms with Gasteiger partial charge in [-0.25, -0.2) is 4.98 Å². The second-order valence-corrected chi connectivity index (χ2v) is 8.18. The van der Waals surface area contributed by atoms with Crippen LogP contribution in [0.2, 0.25) is 0 Å². The first-order chi connectivity index (χ1) is 13.2. The maximum atomic E-state index is 12.8. The van der Waals surface area contributed by atoms with Crippen molar-refractivity contribution < 1.29 is 4.79 Å². The molecule has 2 aromatic heterocycles. The zero-order valence-corrected chi connectivity index (χ0v) is 16.5. The van der Waals surface area contributed by atoms with Crippen molar-refractivity contribution in [3.8, 4) is 0 Å². The van der Waals surface area contributed by atoms with Gasteiger partial charge in [0.25, 0.3) is 5.91 Å². The van der Waals surface area contributed by atoms with Crippen molar-refractivity contribution in [2.75, 3.05) is 19.6 Å². The van der Waals surface area contributed by atoms with Crippen LogP contribution >= 0.6 is 11.3 Å². The summed E-state index contributed by atoms with van der Waals surface area (Å²) in [4.78, 5) is 20.7. The van der Waals surface area contributed by atoms with Gasteiger partial charge in [-0.3, -0.25) is 9.20 Å². The first-order valence-corrected chi connectivity index (χ1v) is 10.6. The molecule has 1 aliphatic rings. The van der Waals surface area contributed by atoms with Gasteiger partial charge in [0.05, 0.1) is 5.69 Å². The number of carbonyl (C=O) groups is 1. The molecule has 3 heterocycles. The Kier molecular flexibility index (Phi) is 5.55. The number of benzene rings is 1. The highest BCUT2D eigenvalue weighted by molar-refractivity contribution is 7.15. The molecule has 1 saturated heterocycles. The summed E-state index contributed by atoms with van der Waals surface area (Å²) in [6.07, 6.45) is 6.37. The highest BCUT2D eigenvalue weighted by atomic mass is 32.1. The van der Waals surface area contributed by atoms with Crippen LogP contribution in [0.15, 0.2) is 41.9 Å². The van der Waals surface area contributed by atoms with E-state index in [1.807, 2.05) is 22.9 Å². The van der Waals surface area contributed by atoms with Gasteiger partial charge in [0, 0.05) is 24.2 Å². The Bertz CT molecular complexity index is 901. The number of aryl methyl sites for hydroxylation is 2. The predicted octanol–water partition coefficient (Wildman–Crippen LogP) is 3.53. The van der Waals surface area contributed by atoms with Crippen LogP contribution < -0.4 is 5.32 Å². The van der Waals surface area contributed by atoms with Crippen LogP contribution in [0.5, 0.6) is 0 Å². The van der Waals surface area contributed by atoms with Crippen LogP contribution in [0, 0.1) is 6.92 Å². The molecule has 4 rings (SSSR count). The number of rotatable bonds is 6. The average molecular weight is 383 g/mol. The molecule has 5 nitrogen and oxygen atoms in total. The van der Waals surface area contributed by atoms with Gasteiger partial charge in [-0.2, -0.15) is 0 Å². The summed E-state index contributed by atoms with van der Waals surface area (Å²) in [5, 5.41) is 5.21. The summed E-state index contributed by atoms with van der Waals surface area (Å²) < 4.78 is 1.90. The molecule has 1 N–H and O–H groups in total. The molecule has 1 aliphatic heterocycles. The molecule has 0 radical (unpaired) electrons. The van der Waals surface area contributed by atoms with Crippen molar-refractivity contribution in [3.63, 3.8) is 0 Å². The van der Waals surface area contributed by atoms with Gasteiger partial charge in [-0.05, 0) is 51.3 Å². The molecule has 0 aliphatic carbocycles. The molecule has 1 unspecified atom stereocenters. The Morgan fingerprint density at radius 2 is 2.19 bits per heavy atom. The fourth-order valence-electron chi connectivity index (χ4n) is 3.95. The molecule has 1 aromatic carbocycles. The van der Waals surface area contributed by atoms with Crippen LogP contribution in [-0.4, -0.2) is 45.9 Å². The van der Waals surface area contributed by atoms with Crippen LogP contribution in [0.25, 0.3) is 4.96 Å². The van der Waals surface area contributed by atoms with Gasteiger partial charge in [0.1, 0.15) is 5.69 Å². The number of fused-ring (bicyclic) bond motifs is 1. The molecule has 1 amide bonds. The number of carbonyl (C=O) groups excluding carboxylic acids is 1. The van der Waals surface area contributed by atoms with E-state index < -0.39 is 0 Å². The Balaban J connectivity index is 1.31. The molecule has 0 bridgehead atoms. The lowest BCUT2D eigenvalue weighted by atomic mass is 10.0. The van der Waals surface area contributed by atoms with E-state index in [1.54, 1.807) is 11.3 Å². The van der Waals surface area contributed by atoms with Crippen LogP contribution in [0.1, 0.15) is 41.0 Å². The third kappa shape index (κ3) is 4.22. The van der Waals surface area contributed by atoms with Gasteiger partial charge in [0.2, 0.25) is 0 Å². The van der Waals surface area contributed by atoms with E-state index in [2.05, 4.69) is 45.5 Å². The number of aromatic nitrogens is 2. The van der Waals surface area contributed by atoms with Crippen molar-refractivity contribution in [1.29, 1.82) is 0 Å². The molecule has 3 aromatic rings. The van der Waals surface area contributed by atoms with Crippen LogP contribution in [0.3, 0.4) is 0 Å². The summed E-state index contributed by atoms with van der Waals surface area (Å²) in [5.41, 5.74) is 2.87. The van der Waals surface area contributed by atoms with E-state index in [0.29, 0.717) is 5.69 Å². The number of nitrogens with one attached hydrogen (secondary N) is 1. The van der Waals surface area contributed by atoms with Crippen LogP contribution in [-0.2, 0) is 6.42 Å². The first-order valence-electron chi connectivity index (χ1n) is 9.70. The zero-order valence-electron chi connectivity index (χ0n) is 15.7. The van der Waals surface area contributed by atoms with E-state index in [0.717, 1.165) is 56.0 Å². The summed E-state index contributed by atoms with van der Waals surface area (Å²) in [6.45, 7) is 5.06. The fourth-order valence-corrected chi connectivity index (χ4v) is 4.71. The third-order valence-corrected chi connectivity index (χ3v) is 6.03. The number of hydrogen-bond donors (Lipinski definition) is 1. The Labute approximate surface area is 164 Å². The van der Waals surface area contributed by atoms with Gasteiger partial charge >= 0.3 is 0 Å². The lowest BCUT2D eigenvalue weighted by molar-refractivity contribution is 0.0896. The zero-order chi connectivity index (χ0) is 18.6. The second-order valence-electron chi connectivity index (χ2n) is 7.30. The fraction of sp³-hybridized carbons (Fsp3) is 0.429. The van der Waals surface area contributed by atoms with E-state index >= 15 is 0 Å². The molecule has 0 spiro atoms. The molecular weight excluding hydrogens is 356 g/mol. The van der Waals surface area contributed by atoms with Gasteiger partial charge < -0.3 is 10.2 Å². The van der Waals surface area contributed by atoms with Gasteiger partial charge in [-0.1, -0.05) is 30.3 Å². The van der Waals surface area contributed by atoms with Crippen molar-refractivity contribution in [1.82, 2.24) is 19.6 Å². The number of likely N-dealkylation sites (tertiary alicyclic amines) is 1. The predicted molar refractivity (Wildman–Crippen MR) is 109 cm³/mol. The molecule has 1 fully saturated rings. The highest BCUT2D eigenvalue weighted by Gasteiger charge is 2.24. The number of amides is 1. The Hall–Kier alpha value is -2.18. The minimum absolute atomic E-state index is 0.00506. The minimum Gasteiger partial charge on any atom is -0.347 e. The van der Waals surface area contributed by atoms with E-state index in [9.17, 15) is 4.79 Å². The highest BCUT2D eigenvalue weighted by Crippen LogP contribution is 2.18. The standard InChI is InChI=1S/C21H26N4OS/c1-16-19(25-13-14-27-21(25)22-16)20(26)23-18-10-6-12-24(15-18)11-5-9-17-7-3-2-4-8-17/h2-4,7-8,13-14,18H,5-6,9-12,15H2,1H3,(H,23,26). The monoisotopic (exact) mass is 382 g/mol. The Morgan fingerprint density at radius 1 is 1.33 bits per heavy atom. The Morgan fingerprint density at radius 3 is 3.04 bits per heavy atom. The largest absolute Gasteiger partial charge is 0.347 e. The summed E-state index contributed by atoms with van der Waals surface area (Å²) in [7, 11) is 0. The topological polar surface area (TPSA) is 49.6 Å². The van der Waals surface area contributed by atoms with Crippen LogP contribution in [0.4, 0.5) is 0 Å². The number of hydrogen-bond acceptors (Lipinski definition) is 4. The average Bonchev–Trinajstić information content (AvgIpc) is 3.22. The molecule has 6 heteroatoms. The number of thiazole rings is 1. The number of imidazole rings is 1. The van der Waals surface area contributed by atoms with Crippen molar-refractivity contribution in [3.05, 3.63) is 58.9 Å². The summed E-state index contributed by atoms with van der Waals surface area (Å²) in [6, 6.07) is 10.9. The number of piperidine rings is 1. The molecular formula is C21H26N4OS. The van der Waals surface area contributed by atoms with Crippen molar-refractivity contribution in [2.45, 2.75) is 38.6 Å². The minimum atomic E-state index is -0.00506. The maximum absolute atomic E-state index is 12.8. The lowest BCUT2D eigenvalue weighted by Gasteiger charge is -2.33. The van der Waals surface area contributed by atoms with E-state index in [1.165, 1.54) is 5.56 Å². The van der Waals surface area contributed by atoms with E-state index in [4.69, 9.17) is 0 Å². The quantitative estimate of drug-likeness (QED) is 0.709. The second kappa shape index (κ2) is 8.23. The number of nitrogens with zero attached hydrogens (tertiary/aromatic N) is 3. The normalized spacial score (nSPS) is 18.0. The van der Waals surface area contributed by atoms with Gasteiger partial charge in [-0.15, -0.1) is 11.3 Å². The molecule has 142 valence electrons. The SMILES string of the molecule is Cc1nc2sccn2c1C(=O)NC1CCCN(CCCc2ccccc2)C1. The molecule has 0 saturated carbocycles. The smallest absolute Gasteiger partial charge is 0.270 e. The summed E-state index contributed by atoms with van der Waals surface area (Å²) >= 11 is 1.56. The van der Waals surface area contributed by atoms with Crippen molar-refractivity contribution >= 4 is 22.2 Å².